The molecule has 0 fully saturated rings. The van der Waals surface area contributed by atoms with E-state index in [9.17, 15) is 14.4 Å². The van der Waals surface area contributed by atoms with Gasteiger partial charge in [-0.15, -0.1) is 0 Å². The Morgan fingerprint density at radius 3 is 2.26 bits per heavy atom. The lowest BCUT2D eigenvalue weighted by atomic mass is 9.85. The molecule has 2 aromatic rings. The quantitative estimate of drug-likeness (QED) is 0.560. The van der Waals surface area contributed by atoms with Gasteiger partial charge in [-0.25, -0.2) is 4.79 Å². The Bertz CT molecular complexity index is 1150. The fraction of sp³-hybridized carbons (Fsp3) is 0.250. The first-order valence-electron chi connectivity index (χ1n) is 9.84. The fourth-order valence-corrected chi connectivity index (χ4v) is 4.21. The molecule has 2 aliphatic rings. The maximum absolute atomic E-state index is 13.6. The third-order valence-electron chi connectivity index (χ3n) is 5.69. The Kier molecular flexibility index (Phi) is 5.19. The lowest BCUT2D eigenvalue weighted by Gasteiger charge is -2.33. The van der Waals surface area contributed by atoms with Gasteiger partial charge in [-0.3, -0.25) is 14.6 Å². The summed E-state index contributed by atoms with van der Waals surface area (Å²) in [4.78, 5) is 39.3. The summed E-state index contributed by atoms with van der Waals surface area (Å²) in [5.41, 5.74) is 3.69. The summed E-state index contributed by atoms with van der Waals surface area (Å²) in [6.07, 6.45) is 0. The number of aryl methyl sites for hydroxylation is 1. The highest BCUT2D eigenvalue weighted by Gasteiger charge is 2.53. The number of rotatable bonds is 4. The average molecular weight is 418 g/mol. The number of esters is 2. The van der Waals surface area contributed by atoms with Gasteiger partial charge in [0.1, 0.15) is 11.6 Å². The minimum atomic E-state index is -1.06. The van der Waals surface area contributed by atoms with E-state index in [1.54, 1.807) is 12.1 Å². The summed E-state index contributed by atoms with van der Waals surface area (Å²) in [7, 11) is 2.47. The van der Waals surface area contributed by atoms with Crippen LogP contribution in [0.25, 0.3) is 0 Å². The molecule has 0 N–H and O–H groups in total. The highest BCUT2D eigenvalue weighted by atomic mass is 16.5. The molecule has 2 atom stereocenters. The number of Topliss-reactive ketones (excluding diaryl/α,β-unsaturated/α-hetero) is 1. The van der Waals surface area contributed by atoms with Crippen LogP contribution in [0.5, 0.6) is 0 Å². The molecular weight excluding hydrogens is 396 g/mol. The SMILES string of the molecule is COC(=O)C1=C(C(=O)c2ccc(C)cc2)N2N=C(C)c3ccccc3[C@H]2[C@H]1C(=O)OC. The molecule has 0 spiro atoms. The van der Waals surface area contributed by atoms with E-state index in [0.717, 1.165) is 16.7 Å². The second-order valence-electron chi connectivity index (χ2n) is 7.51. The van der Waals surface area contributed by atoms with Crippen molar-refractivity contribution in [3.8, 4) is 0 Å². The van der Waals surface area contributed by atoms with Gasteiger partial charge in [0.2, 0.25) is 5.78 Å². The highest BCUT2D eigenvalue weighted by molar-refractivity contribution is 6.15. The number of carbonyl (C=O) groups excluding carboxylic acids is 3. The van der Waals surface area contributed by atoms with Crippen molar-refractivity contribution in [1.82, 2.24) is 5.01 Å². The summed E-state index contributed by atoms with van der Waals surface area (Å²) in [6.45, 7) is 3.74. The minimum Gasteiger partial charge on any atom is -0.468 e. The van der Waals surface area contributed by atoms with E-state index in [0.29, 0.717) is 11.3 Å². The molecule has 0 saturated heterocycles. The van der Waals surface area contributed by atoms with Gasteiger partial charge in [0.25, 0.3) is 0 Å². The highest BCUT2D eigenvalue weighted by Crippen LogP contribution is 2.49. The van der Waals surface area contributed by atoms with E-state index in [1.807, 2.05) is 50.2 Å². The van der Waals surface area contributed by atoms with E-state index in [1.165, 1.54) is 19.2 Å². The molecule has 2 heterocycles. The van der Waals surface area contributed by atoms with Gasteiger partial charge in [0.15, 0.2) is 0 Å². The van der Waals surface area contributed by atoms with E-state index in [2.05, 4.69) is 5.10 Å². The standard InChI is InChI=1S/C24H22N2O5/c1-13-9-11-15(12-10-13)22(27)21-19(24(29)31-4)18(23(28)30-3)20-17-8-6-5-7-16(17)14(2)25-26(20)21/h5-12,18,20H,1-4H3/t18-,20-/m0/s1. The molecule has 2 aromatic carbocycles. The van der Waals surface area contributed by atoms with Gasteiger partial charge in [-0.05, 0) is 19.4 Å². The molecule has 0 radical (unpaired) electrons. The predicted molar refractivity (Wildman–Crippen MR) is 113 cm³/mol. The third kappa shape index (κ3) is 3.22. The van der Waals surface area contributed by atoms with Gasteiger partial charge in [-0.1, -0.05) is 54.1 Å². The van der Waals surface area contributed by atoms with Crippen LogP contribution in [-0.4, -0.2) is 42.7 Å². The van der Waals surface area contributed by atoms with Crippen LogP contribution in [0.2, 0.25) is 0 Å². The Balaban J connectivity index is 1.98. The van der Waals surface area contributed by atoms with E-state index < -0.39 is 29.7 Å². The molecule has 7 heteroatoms. The molecule has 0 aromatic heterocycles. The van der Waals surface area contributed by atoms with Gasteiger partial charge >= 0.3 is 11.9 Å². The van der Waals surface area contributed by atoms with Gasteiger partial charge in [-0.2, -0.15) is 5.10 Å². The molecule has 0 bridgehead atoms. The zero-order chi connectivity index (χ0) is 22.3. The molecule has 31 heavy (non-hydrogen) atoms. The number of hydrazone groups is 1. The maximum atomic E-state index is 13.6. The fourth-order valence-electron chi connectivity index (χ4n) is 4.21. The van der Waals surface area contributed by atoms with Crippen LogP contribution < -0.4 is 0 Å². The van der Waals surface area contributed by atoms with Crippen molar-refractivity contribution in [1.29, 1.82) is 0 Å². The summed E-state index contributed by atoms with van der Waals surface area (Å²) in [5.74, 6) is -2.86. The second kappa shape index (κ2) is 7.83. The Morgan fingerprint density at radius 2 is 1.61 bits per heavy atom. The number of ether oxygens (including phenoxy) is 2. The average Bonchev–Trinajstić information content (AvgIpc) is 3.13. The minimum absolute atomic E-state index is 0.0324. The largest absolute Gasteiger partial charge is 0.468 e. The van der Waals surface area contributed by atoms with Crippen molar-refractivity contribution >= 4 is 23.4 Å². The zero-order valence-electron chi connectivity index (χ0n) is 17.7. The monoisotopic (exact) mass is 418 g/mol. The van der Waals surface area contributed by atoms with Crippen LogP contribution in [0.15, 0.2) is 64.9 Å². The van der Waals surface area contributed by atoms with Crippen LogP contribution in [0.1, 0.15) is 40.0 Å². The third-order valence-corrected chi connectivity index (χ3v) is 5.69. The van der Waals surface area contributed by atoms with Crippen LogP contribution in [0.3, 0.4) is 0 Å². The second-order valence-corrected chi connectivity index (χ2v) is 7.51. The van der Waals surface area contributed by atoms with E-state index in [4.69, 9.17) is 9.47 Å². The van der Waals surface area contributed by atoms with Crippen LogP contribution in [0.4, 0.5) is 0 Å². The summed E-state index contributed by atoms with van der Waals surface area (Å²) < 4.78 is 10.0. The molecule has 2 aliphatic heterocycles. The number of allylic oxidation sites excluding steroid dienone is 1. The lowest BCUT2D eigenvalue weighted by Crippen LogP contribution is -2.34. The smallest absolute Gasteiger partial charge is 0.337 e. The van der Waals surface area contributed by atoms with Crippen LogP contribution in [0, 0.1) is 12.8 Å². The molecule has 4 rings (SSSR count). The van der Waals surface area contributed by atoms with Gasteiger partial charge < -0.3 is 9.47 Å². The number of benzene rings is 2. The van der Waals surface area contributed by atoms with Crippen LogP contribution >= 0.6 is 0 Å². The molecule has 158 valence electrons. The first-order chi connectivity index (χ1) is 14.9. The van der Waals surface area contributed by atoms with Crippen LogP contribution in [-0.2, 0) is 19.1 Å². The predicted octanol–water partition coefficient (Wildman–Crippen LogP) is 3.19. The number of hydrogen-bond donors (Lipinski definition) is 0. The molecular formula is C24H22N2O5. The molecule has 0 unspecified atom stereocenters. The summed E-state index contributed by atoms with van der Waals surface area (Å²) in [6, 6.07) is 13.8. The van der Waals surface area contributed by atoms with Crippen molar-refractivity contribution in [2.45, 2.75) is 19.9 Å². The Morgan fingerprint density at radius 1 is 0.935 bits per heavy atom. The maximum Gasteiger partial charge on any atom is 0.337 e. The molecule has 0 aliphatic carbocycles. The molecule has 0 saturated carbocycles. The number of carbonyl (C=O) groups is 3. The molecule has 7 nitrogen and oxygen atoms in total. The van der Waals surface area contributed by atoms with Crippen molar-refractivity contribution in [2.75, 3.05) is 14.2 Å². The van der Waals surface area contributed by atoms with Gasteiger partial charge in [0.05, 0.1) is 31.5 Å². The molecule has 0 amide bonds. The number of fused-ring (bicyclic) bond motifs is 3. The number of methoxy groups -OCH3 is 2. The van der Waals surface area contributed by atoms with E-state index in [-0.39, 0.29) is 11.3 Å². The zero-order valence-corrected chi connectivity index (χ0v) is 17.7. The van der Waals surface area contributed by atoms with Crippen molar-refractivity contribution in [2.24, 2.45) is 11.0 Å². The summed E-state index contributed by atoms with van der Waals surface area (Å²) >= 11 is 0. The lowest BCUT2D eigenvalue weighted by molar-refractivity contribution is -0.148. The normalized spacial score (nSPS) is 19.4. The number of hydrogen-bond acceptors (Lipinski definition) is 7. The topological polar surface area (TPSA) is 85.3 Å². The van der Waals surface area contributed by atoms with Crippen molar-refractivity contribution in [3.05, 3.63) is 82.1 Å². The number of nitrogens with zero attached hydrogens (tertiary/aromatic N) is 2. The van der Waals surface area contributed by atoms with Crippen molar-refractivity contribution in [3.63, 3.8) is 0 Å². The first-order valence-corrected chi connectivity index (χ1v) is 9.84. The van der Waals surface area contributed by atoms with Gasteiger partial charge in [0, 0.05) is 11.1 Å². The van der Waals surface area contributed by atoms with Crippen molar-refractivity contribution < 1.29 is 23.9 Å². The van der Waals surface area contributed by atoms with E-state index >= 15 is 0 Å². The number of ketones is 1. The summed E-state index contributed by atoms with van der Waals surface area (Å²) in [5, 5.41) is 6.10. The first kappa shape index (κ1) is 20.5. The Labute approximate surface area is 180 Å². The Hall–Kier alpha value is -3.74.